The molecular weight excluding hydrogens is 253 g/mol. The quantitative estimate of drug-likeness (QED) is 0.797. The molecule has 0 saturated heterocycles. The van der Waals surface area contributed by atoms with Crippen molar-refractivity contribution in [1.29, 1.82) is 0 Å². The number of alkyl halides is 3. The number of halogens is 3. The molecule has 0 fully saturated rings. The zero-order valence-corrected chi connectivity index (χ0v) is 8.78. The molecule has 0 spiro atoms. The highest BCUT2D eigenvalue weighted by molar-refractivity contribution is 5.98. The summed E-state index contributed by atoms with van der Waals surface area (Å²) in [5.41, 5.74) is 0.906. The Balaban J connectivity index is 2.39. The summed E-state index contributed by atoms with van der Waals surface area (Å²) in [6.07, 6.45) is -4.68. The van der Waals surface area contributed by atoms with E-state index in [-0.39, 0.29) is 18.1 Å². The second-order valence-corrected chi connectivity index (χ2v) is 3.47. The van der Waals surface area contributed by atoms with Crippen LogP contribution in [0.25, 0.3) is 0 Å². The maximum atomic E-state index is 12.5. The molecule has 1 heterocycles. The predicted octanol–water partition coefficient (Wildman–Crippen LogP) is 1.22. The van der Waals surface area contributed by atoms with Crippen LogP contribution in [0, 0.1) is 0 Å². The Morgan fingerprint density at radius 3 is 2.67 bits per heavy atom. The maximum Gasteiger partial charge on any atom is 0.419 e. The zero-order valence-electron chi connectivity index (χ0n) is 8.78. The average Bonchev–Trinajstić information content (AvgIpc) is 2.29. The van der Waals surface area contributed by atoms with Crippen LogP contribution in [0.2, 0.25) is 0 Å². The SMILES string of the molecule is O=C1COC(c2ccc(O)c(C(F)(F)F)c2)=NN1. The second kappa shape index (κ2) is 4.21. The number of carbonyl (C=O) groups is 1. The van der Waals surface area contributed by atoms with Gasteiger partial charge < -0.3 is 9.84 Å². The fourth-order valence-corrected chi connectivity index (χ4v) is 1.36. The number of nitrogens with one attached hydrogen (secondary N) is 1. The first-order chi connectivity index (χ1) is 8.38. The van der Waals surface area contributed by atoms with Crippen LogP contribution in [-0.2, 0) is 15.7 Å². The Kier molecular flexibility index (Phi) is 2.85. The zero-order chi connectivity index (χ0) is 13.3. The van der Waals surface area contributed by atoms with Crippen molar-refractivity contribution in [1.82, 2.24) is 5.43 Å². The van der Waals surface area contributed by atoms with Crippen LogP contribution in [0.1, 0.15) is 11.1 Å². The highest BCUT2D eigenvalue weighted by atomic mass is 19.4. The van der Waals surface area contributed by atoms with E-state index in [0.29, 0.717) is 6.07 Å². The van der Waals surface area contributed by atoms with Gasteiger partial charge in [-0.1, -0.05) is 0 Å². The van der Waals surface area contributed by atoms with Crippen molar-refractivity contribution in [2.24, 2.45) is 5.10 Å². The van der Waals surface area contributed by atoms with Gasteiger partial charge in [0.1, 0.15) is 5.75 Å². The van der Waals surface area contributed by atoms with Gasteiger partial charge in [-0.2, -0.15) is 13.2 Å². The summed E-state index contributed by atoms with van der Waals surface area (Å²) in [5.74, 6) is -1.51. The van der Waals surface area contributed by atoms with E-state index in [1.807, 2.05) is 0 Å². The maximum absolute atomic E-state index is 12.5. The summed E-state index contributed by atoms with van der Waals surface area (Å²) >= 11 is 0. The number of hydrogen-bond donors (Lipinski definition) is 2. The lowest BCUT2D eigenvalue weighted by atomic mass is 10.1. The largest absolute Gasteiger partial charge is 0.507 e. The fraction of sp³-hybridized carbons (Fsp3) is 0.200. The third-order valence-electron chi connectivity index (χ3n) is 2.17. The van der Waals surface area contributed by atoms with Gasteiger partial charge in [-0.05, 0) is 18.2 Å². The van der Waals surface area contributed by atoms with Gasteiger partial charge in [0, 0.05) is 5.56 Å². The molecule has 18 heavy (non-hydrogen) atoms. The van der Waals surface area contributed by atoms with E-state index in [1.54, 1.807) is 0 Å². The van der Waals surface area contributed by atoms with E-state index >= 15 is 0 Å². The van der Waals surface area contributed by atoms with Crippen molar-refractivity contribution in [3.05, 3.63) is 29.3 Å². The number of amides is 1. The lowest BCUT2D eigenvalue weighted by molar-refractivity contribution is -0.138. The second-order valence-electron chi connectivity index (χ2n) is 3.47. The molecule has 8 heteroatoms. The number of rotatable bonds is 1. The lowest BCUT2D eigenvalue weighted by Gasteiger charge is -2.15. The normalized spacial score (nSPS) is 15.7. The van der Waals surface area contributed by atoms with E-state index in [0.717, 1.165) is 6.07 Å². The molecule has 2 N–H and O–H groups in total. The highest BCUT2D eigenvalue weighted by Gasteiger charge is 2.34. The summed E-state index contributed by atoms with van der Waals surface area (Å²) in [6, 6.07) is 2.80. The van der Waals surface area contributed by atoms with Crippen LogP contribution in [-0.4, -0.2) is 23.5 Å². The van der Waals surface area contributed by atoms with Gasteiger partial charge in [0.2, 0.25) is 5.90 Å². The van der Waals surface area contributed by atoms with E-state index in [4.69, 9.17) is 9.84 Å². The van der Waals surface area contributed by atoms with Gasteiger partial charge in [-0.15, -0.1) is 5.10 Å². The number of carbonyl (C=O) groups excluding carboxylic acids is 1. The first kappa shape index (κ1) is 12.2. The van der Waals surface area contributed by atoms with E-state index in [2.05, 4.69) is 10.5 Å². The van der Waals surface area contributed by atoms with Crippen molar-refractivity contribution in [2.45, 2.75) is 6.18 Å². The minimum Gasteiger partial charge on any atom is -0.507 e. The first-order valence-corrected chi connectivity index (χ1v) is 4.78. The van der Waals surface area contributed by atoms with Gasteiger partial charge in [0.25, 0.3) is 5.91 Å². The van der Waals surface area contributed by atoms with Gasteiger partial charge in [-0.25, -0.2) is 5.43 Å². The smallest absolute Gasteiger partial charge is 0.419 e. The molecule has 1 aliphatic rings. The number of hydrogen-bond acceptors (Lipinski definition) is 4. The summed E-state index contributed by atoms with van der Waals surface area (Å²) < 4.78 is 42.5. The molecule has 96 valence electrons. The minimum absolute atomic E-state index is 0.0140. The molecular formula is C10H7F3N2O3. The highest BCUT2D eigenvalue weighted by Crippen LogP contribution is 2.36. The Morgan fingerprint density at radius 2 is 2.11 bits per heavy atom. The molecule has 0 aliphatic carbocycles. The summed E-state index contributed by atoms with van der Waals surface area (Å²) in [6.45, 7) is -0.318. The molecule has 0 saturated carbocycles. The monoisotopic (exact) mass is 260 g/mol. The molecule has 1 aromatic rings. The molecule has 1 aromatic carbocycles. The van der Waals surface area contributed by atoms with E-state index < -0.39 is 23.4 Å². The first-order valence-electron chi connectivity index (χ1n) is 4.78. The van der Waals surface area contributed by atoms with Crippen molar-refractivity contribution in [3.63, 3.8) is 0 Å². The fourth-order valence-electron chi connectivity index (χ4n) is 1.36. The van der Waals surface area contributed by atoms with Crippen LogP contribution in [0.4, 0.5) is 13.2 Å². The summed E-state index contributed by atoms with van der Waals surface area (Å²) in [5, 5.41) is 12.6. The summed E-state index contributed by atoms with van der Waals surface area (Å²) in [7, 11) is 0. The van der Waals surface area contributed by atoms with E-state index in [9.17, 15) is 18.0 Å². The van der Waals surface area contributed by atoms with Crippen LogP contribution >= 0.6 is 0 Å². The molecule has 5 nitrogen and oxygen atoms in total. The van der Waals surface area contributed by atoms with E-state index in [1.165, 1.54) is 6.07 Å². The van der Waals surface area contributed by atoms with Gasteiger partial charge in [0.15, 0.2) is 6.61 Å². The van der Waals surface area contributed by atoms with Crippen LogP contribution < -0.4 is 5.43 Å². The third-order valence-corrected chi connectivity index (χ3v) is 2.17. The van der Waals surface area contributed by atoms with Gasteiger partial charge in [-0.3, -0.25) is 4.79 Å². The summed E-state index contributed by atoms with van der Waals surface area (Å²) in [4.78, 5) is 10.8. The molecule has 0 radical (unpaired) electrons. The van der Waals surface area contributed by atoms with Crippen LogP contribution in [0.5, 0.6) is 5.75 Å². The van der Waals surface area contributed by atoms with Crippen LogP contribution in [0.15, 0.2) is 23.3 Å². The number of benzene rings is 1. The van der Waals surface area contributed by atoms with Crippen molar-refractivity contribution in [3.8, 4) is 5.75 Å². The molecule has 0 atom stereocenters. The Bertz CT molecular complexity index is 526. The van der Waals surface area contributed by atoms with Crippen molar-refractivity contribution < 1.29 is 27.8 Å². The minimum atomic E-state index is -4.68. The Morgan fingerprint density at radius 1 is 1.39 bits per heavy atom. The molecule has 0 aromatic heterocycles. The predicted molar refractivity (Wildman–Crippen MR) is 53.7 cm³/mol. The molecule has 1 amide bonds. The molecule has 0 bridgehead atoms. The number of ether oxygens (including phenoxy) is 1. The number of phenols is 1. The molecule has 0 unspecified atom stereocenters. The third kappa shape index (κ3) is 2.36. The van der Waals surface area contributed by atoms with Crippen molar-refractivity contribution >= 4 is 11.8 Å². The number of aromatic hydroxyl groups is 1. The molecule has 2 rings (SSSR count). The lowest BCUT2D eigenvalue weighted by Crippen LogP contribution is -2.32. The topological polar surface area (TPSA) is 70.9 Å². The standard InChI is InChI=1S/C10H7F3N2O3/c11-10(12,13)6-3-5(1-2-7(6)16)9-15-14-8(17)4-18-9/h1-3,16H,4H2,(H,14,17). The number of nitrogens with zero attached hydrogens (tertiary/aromatic N) is 1. The number of hydrazone groups is 1. The number of phenolic OH excluding ortho intramolecular Hbond substituents is 1. The Hall–Kier alpha value is -2.25. The van der Waals surface area contributed by atoms with Gasteiger partial charge >= 0.3 is 6.18 Å². The Labute approximate surface area is 98.9 Å². The van der Waals surface area contributed by atoms with Crippen LogP contribution in [0.3, 0.4) is 0 Å². The molecule has 1 aliphatic heterocycles. The van der Waals surface area contributed by atoms with Gasteiger partial charge in [0.05, 0.1) is 5.56 Å². The average molecular weight is 260 g/mol. The van der Waals surface area contributed by atoms with Crippen molar-refractivity contribution in [2.75, 3.05) is 6.61 Å².